The van der Waals surface area contributed by atoms with Gasteiger partial charge in [0.1, 0.15) is 0 Å². The summed E-state index contributed by atoms with van der Waals surface area (Å²) in [4.78, 5) is 33.7. The summed E-state index contributed by atoms with van der Waals surface area (Å²) in [5, 5.41) is 0. The van der Waals surface area contributed by atoms with E-state index in [2.05, 4.69) is 27.7 Å². The molecule has 0 aliphatic carbocycles. The summed E-state index contributed by atoms with van der Waals surface area (Å²) in [5.41, 5.74) is 0.321. The molecule has 1 atom stereocenters. The molecule has 0 bridgehead atoms. The maximum absolute atomic E-state index is 11.2. The summed E-state index contributed by atoms with van der Waals surface area (Å²) < 4.78 is 0. The van der Waals surface area contributed by atoms with E-state index in [1.807, 2.05) is 30.3 Å². The molecular formula is C32H61O3P. The Morgan fingerprint density at radius 1 is 0.500 bits per heavy atom. The van der Waals surface area contributed by atoms with Gasteiger partial charge in [-0.1, -0.05) is 0 Å². The summed E-state index contributed by atoms with van der Waals surface area (Å²) in [7, 11) is -4.76. The van der Waals surface area contributed by atoms with Crippen LogP contribution in [0.4, 0.5) is 0 Å². The summed E-state index contributed by atoms with van der Waals surface area (Å²) in [6.45, 7) is 9.16. The Bertz CT molecular complexity index is 636. The molecular weight excluding hydrogens is 463 g/mol. The van der Waals surface area contributed by atoms with E-state index in [1.54, 1.807) is 0 Å². The topological polar surface area (TPSA) is 60.7 Å². The quantitative estimate of drug-likeness (QED) is 0.0985. The first-order valence-electron chi connectivity index (χ1n) is 15.4. The van der Waals surface area contributed by atoms with Gasteiger partial charge in [0.15, 0.2) is 0 Å². The molecule has 0 fully saturated rings. The predicted octanol–water partition coefficient (Wildman–Crippen LogP) is 10.3. The molecule has 0 spiro atoms. The molecule has 0 radical (unpaired) electrons. The van der Waals surface area contributed by atoms with Gasteiger partial charge in [0.25, 0.3) is 0 Å². The first kappa shape index (κ1) is 33.6. The average Bonchev–Trinajstić information content (AvgIpc) is 2.81. The van der Waals surface area contributed by atoms with Crippen LogP contribution in [0.1, 0.15) is 154 Å². The molecule has 0 saturated heterocycles. The van der Waals surface area contributed by atoms with Gasteiger partial charge in [0.2, 0.25) is 0 Å². The van der Waals surface area contributed by atoms with Gasteiger partial charge in [-0.25, -0.2) is 0 Å². The van der Waals surface area contributed by atoms with Crippen molar-refractivity contribution in [2.45, 2.75) is 149 Å². The van der Waals surface area contributed by atoms with E-state index < -0.39 is 12.9 Å². The van der Waals surface area contributed by atoms with Crippen molar-refractivity contribution in [3.63, 3.8) is 0 Å². The zero-order valence-corrected chi connectivity index (χ0v) is 25.2. The van der Waals surface area contributed by atoms with Crippen LogP contribution in [0.3, 0.4) is 0 Å². The van der Waals surface area contributed by atoms with Gasteiger partial charge >= 0.3 is 225 Å². The molecule has 36 heavy (non-hydrogen) atoms. The second-order valence-corrected chi connectivity index (χ2v) is 15.8. The van der Waals surface area contributed by atoms with Gasteiger partial charge in [0, 0.05) is 0 Å². The Kier molecular flexibility index (Phi) is 17.5. The van der Waals surface area contributed by atoms with Crippen LogP contribution in [0.5, 0.6) is 0 Å². The molecule has 0 aliphatic heterocycles. The minimum absolute atomic E-state index is 0.134. The number of unbranched alkanes of at least 4 members (excludes halogenated alkanes) is 13. The van der Waals surface area contributed by atoms with Crippen molar-refractivity contribution in [3.8, 4) is 0 Å². The Morgan fingerprint density at radius 3 is 1.28 bits per heavy atom. The molecule has 1 unspecified atom stereocenters. The van der Waals surface area contributed by atoms with E-state index in [9.17, 15) is 14.7 Å². The standard InChI is InChI=1S/C32H61O3P/c1-29(2)23-17-12-8-5-6-11-15-22-28-36(33,34,35)32(31-25-19-16-20-26-31)27-21-14-10-7-9-13-18-24-30(3)4/h16,19-20,25-26,29-30,32-35H,5-15,17-18,21-24,27-28H2,1-4H3. The fourth-order valence-electron chi connectivity index (χ4n) is 5.37. The molecule has 4 heteroatoms. The number of hydrogen-bond acceptors (Lipinski definition) is 3. The summed E-state index contributed by atoms with van der Waals surface area (Å²) >= 11 is 0. The van der Waals surface area contributed by atoms with E-state index in [0.717, 1.165) is 43.1 Å². The molecule has 3 nitrogen and oxygen atoms in total. The normalized spacial score (nSPS) is 14.3. The van der Waals surface area contributed by atoms with E-state index >= 15 is 0 Å². The zero-order chi connectivity index (χ0) is 26.7. The average molecular weight is 525 g/mol. The van der Waals surface area contributed by atoms with Gasteiger partial charge in [0.05, 0.1) is 0 Å². The molecule has 1 aromatic rings. The third kappa shape index (κ3) is 16.4. The van der Waals surface area contributed by atoms with Gasteiger partial charge < -0.3 is 0 Å². The molecule has 0 aromatic heterocycles. The van der Waals surface area contributed by atoms with Crippen LogP contribution in [0.15, 0.2) is 30.3 Å². The van der Waals surface area contributed by atoms with Crippen molar-refractivity contribution < 1.29 is 14.7 Å². The van der Waals surface area contributed by atoms with Gasteiger partial charge in [-0.05, 0) is 0 Å². The van der Waals surface area contributed by atoms with Crippen molar-refractivity contribution in [1.82, 2.24) is 0 Å². The third-order valence-electron chi connectivity index (χ3n) is 7.70. The van der Waals surface area contributed by atoms with E-state index in [-0.39, 0.29) is 6.16 Å². The zero-order valence-electron chi connectivity index (χ0n) is 24.3. The van der Waals surface area contributed by atoms with Crippen molar-refractivity contribution in [3.05, 3.63) is 35.9 Å². The molecule has 1 aromatic carbocycles. The first-order valence-corrected chi connectivity index (χ1v) is 17.8. The summed E-state index contributed by atoms with van der Waals surface area (Å²) in [5.74, 6) is 1.61. The SMILES string of the molecule is CC(C)CCCCCCCCCCP(O)(O)(O)C(CCCCCCCCCC(C)C)c1ccccc1. The molecule has 0 heterocycles. The van der Waals surface area contributed by atoms with Crippen LogP contribution in [-0.2, 0) is 0 Å². The monoisotopic (exact) mass is 524 g/mol. The molecule has 0 amide bonds. The van der Waals surface area contributed by atoms with Crippen LogP contribution in [0, 0.1) is 11.8 Å². The maximum atomic E-state index is 11.2. The van der Waals surface area contributed by atoms with Crippen LogP contribution in [-0.4, -0.2) is 20.8 Å². The van der Waals surface area contributed by atoms with Crippen molar-refractivity contribution in [1.29, 1.82) is 0 Å². The number of hydrogen-bond donors (Lipinski definition) is 3. The molecule has 1 rings (SSSR count). The second kappa shape index (κ2) is 18.7. The van der Waals surface area contributed by atoms with Crippen LogP contribution < -0.4 is 0 Å². The van der Waals surface area contributed by atoms with Crippen molar-refractivity contribution in [2.75, 3.05) is 6.16 Å². The van der Waals surface area contributed by atoms with Crippen molar-refractivity contribution in [2.24, 2.45) is 11.8 Å². The second-order valence-electron chi connectivity index (χ2n) is 12.3. The van der Waals surface area contributed by atoms with E-state index in [1.165, 1.54) is 77.0 Å². The van der Waals surface area contributed by atoms with E-state index in [4.69, 9.17) is 0 Å². The minimum atomic E-state index is -4.76. The molecule has 0 saturated carbocycles. The number of rotatable bonds is 23. The molecule has 212 valence electrons. The van der Waals surface area contributed by atoms with Gasteiger partial charge in [-0.15, -0.1) is 0 Å². The fourth-order valence-corrected chi connectivity index (χ4v) is 8.01. The third-order valence-corrected chi connectivity index (χ3v) is 10.7. The van der Waals surface area contributed by atoms with Crippen LogP contribution >= 0.6 is 7.28 Å². The molecule has 0 aliphatic rings. The predicted molar refractivity (Wildman–Crippen MR) is 160 cm³/mol. The summed E-state index contributed by atoms with van der Waals surface area (Å²) in [6.07, 6.45) is 21.1. The molecule has 3 N–H and O–H groups in total. The Hall–Kier alpha value is -0.470. The fraction of sp³-hybridized carbons (Fsp3) is 0.812. The van der Waals surface area contributed by atoms with Gasteiger partial charge in [-0.2, -0.15) is 0 Å². The van der Waals surface area contributed by atoms with Crippen molar-refractivity contribution >= 4 is 7.28 Å². The Morgan fingerprint density at radius 2 is 0.861 bits per heavy atom. The first-order chi connectivity index (χ1) is 17.1. The van der Waals surface area contributed by atoms with Gasteiger partial charge in [-0.3, -0.25) is 0 Å². The van der Waals surface area contributed by atoms with Crippen LogP contribution in [0.2, 0.25) is 0 Å². The van der Waals surface area contributed by atoms with E-state index in [0.29, 0.717) is 12.8 Å². The van der Waals surface area contributed by atoms with Crippen LogP contribution in [0.25, 0.3) is 0 Å². The summed E-state index contributed by atoms with van der Waals surface area (Å²) in [6, 6.07) is 9.72. The number of benzene rings is 1. The Labute approximate surface area is 224 Å². The Balaban J connectivity index is 2.39.